The smallest absolute Gasteiger partial charge is 0.268 e. The van der Waals surface area contributed by atoms with E-state index in [9.17, 15) is 18.0 Å². The van der Waals surface area contributed by atoms with Crippen LogP contribution in [0, 0.1) is 5.82 Å². The molecule has 7 heteroatoms. The lowest BCUT2D eigenvalue weighted by atomic mass is 10.4. The van der Waals surface area contributed by atoms with Crippen LogP contribution in [0.5, 0.6) is 0 Å². The van der Waals surface area contributed by atoms with Gasteiger partial charge in [0.1, 0.15) is 5.52 Å². The van der Waals surface area contributed by atoms with E-state index in [0.29, 0.717) is 0 Å². The van der Waals surface area contributed by atoms with E-state index in [1.165, 1.54) is 12.3 Å². The number of rotatable bonds is 1. The number of aromatic nitrogens is 2. The van der Waals surface area contributed by atoms with Crippen LogP contribution in [0.3, 0.4) is 0 Å². The summed E-state index contributed by atoms with van der Waals surface area (Å²) in [5.74, 6) is -0.742. The van der Waals surface area contributed by atoms with Crippen LogP contribution in [0.1, 0.15) is 6.55 Å². The van der Waals surface area contributed by atoms with Crippen LogP contribution >= 0.6 is 15.9 Å². The number of halogens is 4. The highest BCUT2D eigenvalue weighted by atomic mass is 79.9. The van der Waals surface area contributed by atoms with Gasteiger partial charge in [-0.05, 0) is 22.0 Å². The maximum Gasteiger partial charge on any atom is 0.335 e. The summed E-state index contributed by atoms with van der Waals surface area (Å²) in [7, 11) is 0. The minimum atomic E-state index is -3.00. The molecule has 0 aromatic carbocycles. The topological polar surface area (TPSA) is 26.4 Å². The minimum absolute atomic E-state index is 0.119. The Kier molecular flexibility index (Phi) is 2.34. The van der Waals surface area contributed by atoms with E-state index in [-0.39, 0.29) is 14.7 Å². The van der Waals surface area contributed by atoms with Gasteiger partial charge in [-0.2, -0.15) is 13.5 Å². The Morgan fingerprint density at radius 1 is 1.40 bits per heavy atom. The van der Waals surface area contributed by atoms with Crippen molar-refractivity contribution in [1.29, 1.82) is 0 Å². The predicted molar refractivity (Wildman–Crippen MR) is 50.6 cm³/mol. The molecule has 0 unspecified atom stereocenters. The van der Waals surface area contributed by atoms with Crippen molar-refractivity contribution in [3.63, 3.8) is 0 Å². The molecule has 0 spiro atoms. The number of nitrogens with zero attached hydrogens (tertiary/aromatic N) is 2. The molecule has 2 aromatic rings. The summed E-state index contributed by atoms with van der Waals surface area (Å²) in [6.07, 6.45) is 1.19. The molecule has 0 N–H and O–H groups in total. The molecule has 80 valence electrons. The van der Waals surface area contributed by atoms with Crippen molar-refractivity contribution in [3.8, 4) is 0 Å². The first-order valence-corrected chi connectivity index (χ1v) is 4.67. The Morgan fingerprint density at radius 3 is 2.67 bits per heavy atom. The van der Waals surface area contributed by atoms with Crippen molar-refractivity contribution in [2.75, 3.05) is 0 Å². The van der Waals surface area contributed by atoms with Gasteiger partial charge in [-0.1, -0.05) is 0 Å². The molecule has 0 saturated heterocycles. The fourth-order valence-corrected chi connectivity index (χ4v) is 1.63. The molecule has 0 bridgehead atoms. The molecule has 15 heavy (non-hydrogen) atoms. The average Bonchev–Trinajstić information content (AvgIpc) is 2.49. The molecule has 0 aliphatic carbocycles. The summed E-state index contributed by atoms with van der Waals surface area (Å²) >= 11 is 2.90. The summed E-state index contributed by atoms with van der Waals surface area (Å²) in [5.41, 5.74) is -1.13. The predicted octanol–water partition coefficient (Wildman–Crippen LogP) is 2.40. The highest BCUT2D eigenvalue weighted by Crippen LogP contribution is 2.20. The third-order valence-electron chi connectivity index (χ3n) is 1.95. The van der Waals surface area contributed by atoms with Crippen LogP contribution in [0.25, 0.3) is 5.52 Å². The summed E-state index contributed by atoms with van der Waals surface area (Å²) in [6.45, 7) is -3.00. The molecule has 0 aliphatic rings. The quantitative estimate of drug-likeness (QED) is 0.788. The first-order chi connectivity index (χ1) is 7.02. The third kappa shape index (κ3) is 1.46. The molecule has 0 aliphatic heterocycles. The lowest BCUT2D eigenvalue weighted by Crippen LogP contribution is -2.19. The van der Waals surface area contributed by atoms with Crippen LogP contribution in [0.4, 0.5) is 13.2 Å². The highest BCUT2D eigenvalue weighted by Gasteiger charge is 2.16. The van der Waals surface area contributed by atoms with Gasteiger partial charge in [0.25, 0.3) is 5.56 Å². The van der Waals surface area contributed by atoms with E-state index in [0.717, 1.165) is 10.6 Å². The molecule has 2 heterocycles. The monoisotopic (exact) mass is 280 g/mol. The zero-order chi connectivity index (χ0) is 11.2. The van der Waals surface area contributed by atoms with E-state index < -0.39 is 17.9 Å². The Labute approximate surface area is 89.8 Å². The van der Waals surface area contributed by atoms with Crippen LogP contribution < -0.4 is 5.56 Å². The van der Waals surface area contributed by atoms with E-state index in [1.807, 2.05) is 0 Å². The molecule has 0 amide bonds. The molecule has 2 aromatic heterocycles. The Hall–Kier alpha value is -1.24. The number of pyridine rings is 1. The molecule has 0 radical (unpaired) electrons. The van der Waals surface area contributed by atoms with Gasteiger partial charge < -0.3 is 0 Å². The van der Waals surface area contributed by atoms with Crippen LogP contribution in [-0.2, 0) is 0 Å². The summed E-state index contributed by atoms with van der Waals surface area (Å²) in [6, 6.07) is 2.08. The van der Waals surface area contributed by atoms with Gasteiger partial charge in [-0.3, -0.25) is 9.31 Å². The molecule has 0 saturated carbocycles. The molecular formula is C8H4BrF3N2O. The maximum absolute atomic E-state index is 13.4. The van der Waals surface area contributed by atoms with Crippen molar-refractivity contribution in [1.82, 2.24) is 9.20 Å². The van der Waals surface area contributed by atoms with Gasteiger partial charge in [0, 0.05) is 12.3 Å². The second kappa shape index (κ2) is 3.41. The lowest BCUT2D eigenvalue weighted by Gasteiger charge is -2.05. The normalized spacial score (nSPS) is 11.5. The molecule has 3 nitrogen and oxygen atoms in total. The van der Waals surface area contributed by atoms with E-state index in [1.54, 1.807) is 0 Å². The van der Waals surface area contributed by atoms with Gasteiger partial charge in [0.15, 0.2) is 5.82 Å². The SMILES string of the molecule is O=c1cc2c(F)c(Br)ccn2n1C(F)F. The second-order valence-corrected chi connectivity index (χ2v) is 3.67. The Balaban J connectivity index is 2.92. The van der Waals surface area contributed by atoms with Crippen LogP contribution in [0.2, 0.25) is 0 Å². The number of hydrogen-bond acceptors (Lipinski definition) is 1. The fraction of sp³-hybridized carbons (Fsp3) is 0.125. The maximum atomic E-state index is 13.4. The summed E-state index contributed by atoms with van der Waals surface area (Å²) in [5, 5.41) is 0. The number of hydrogen-bond donors (Lipinski definition) is 0. The van der Waals surface area contributed by atoms with Gasteiger partial charge in [0.2, 0.25) is 0 Å². The number of alkyl halides is 2. The van der Waals surface area contributed by atoms with Crippen molar-refractivity contribution < 1.29 is 13.2 Å². The molecule has 0 fully saturated rings. The fourth-order valence-electron chi connectivity index (χ4n) is 1.31. The van der Waals surface area contributed by atoms with E-state index in [4.69, 9.17) is 0 Å². The third-order valence-corrected chi connectivity index (χ3v) is 2.56. The Bertz CT molecular complexity index is 575. The van der Waals surface area contributed by atoms with Gasteiger partial charge >= 0.3 is 6.55 Å². The highest BCUT2D eigenvalue weighted by molar-refractivity contribution is 9.10. The molecular weight excluding hydrogens is 277 g/mol. The van der Waals surface area contributed by atoms with E-state index >= 15 is 0 Å². The van der Waals surface area contributed by atoms with Crippen molar-refractivity contribution in [2.24, 2.45) is 0 Å². The lowest BCUT2D eigenvalue weighted by molar-refractivity contribution is 0.0487. The molecule has 2 rings (SSSR count). The summed E-state index contributed by atoms with van der Waals surface area (Å²) < 4.78 is 39.3. The van der Waals surface area contributed by atoms with Gasteiger partial charge in [-0.25, -0.2) is 4.39 Å². The Morgan fingerprint density at radius 2 is 2.07 bits per heavy atom. The van der Waals surface area contributed by atoms with Gasteiger partial charge in [-0.15, -0.1) is 0 Å². The standard InChI is InChI=1S/C8H4BrF3N2O/c9-4-1-2-13-5(7(4)10)3-6(15)14(13)8(11)12/h1-3,8H. The number of fused-ring (bicyclic) bond motifs is 1. The zero-order valence-electron chi connectivity index (χ0n) is 7.12. The van der Waals surface area contributed by atoms with Crippen molar-refractivity contribution in [2.45, 2.75) is 6.55 Å². The first-order valence-electron chi connectivity index (χ1n) is 3.88. The second-order valence-electron chi connectivity index (χ2n) is 2.81. The van der Waals surface area contributed by atoms with E-state index in [2.05, 4.69) is 15.9 Å². The van der Waals surface area contributed by atoms with Crippen LogP contribution in [-0.4, -0.2) is 9.20 Å². The van der Waals surface area contributed by atoms with Gasteiger partial charge in [0.05, 0.1) is 4.47 Å². The largest absolute Gasteiger partial charge is 0.335 e. The minimum Gasteiger partial charge on any atom is -0.268 e. The first kappa shape index (κ1) is 10.3. The summed E-state index contributed by atoms with van der Waals surface area (Å²) in [4.78, 5) is 11.1. The van der Waals surface area contributed by atoms with Crippen molar-refractivity contribution in [3.05, 3.63) is 39.0 Å². The van der Waals surface area contributed by atoms with Crippen molar-refractivity contribution >= 4 is 21.4 Å². The zero-order valence-corrected chi connectivity index (χ0v) is 8.71. The molecule has 0 atom stereocenters. The van der Waals surface area contributed by atoms with Crippen LogP contribution in [0.15, 0.2) is 27.6 Å². The average molecular weight is 281 g/mol.